The lowest BCUT2D eigenvalue weighted by atomic mass is 10.1. The van der Waals surface area contributed by atoms with Crippen molar-refractivity contribution in [3.8, 4) is 5.82 Å². The van der Waals surface area contributed by atoms with Crippen molar-refractivity contribution in [1.29, 1.82) is 0 Å². The molecule has 5 rings (SSSR count). The maximum absolute atomic E-state index is 14.7. The molecule has 3 aromatic rings. The van der Waals surface area contributed by atoms with Crippen LogP contribution in [0.15, 0.2) is 35.4 Å². The van der Waals surface area contributed by atoms with Gasteiger partial charge in [0.25, 0.3) is 5.91 Å². The molecule has 2 amide bonds. The Morgan fingerprint density at radius 1 is 1.19 bits per heavy atom. The van der Waals surface area contributed by atoms with E-state index in [1.165, 1.54) is 12.1 Å². The fourth-order valence-corrected chi connectivity index (χ4v) is 4.28. The number of halogens is 5. The van der Waals surface area contributed by atoms with E-state index in [0.717, 1.165) is 15.7 Å². The quantitative estimate of drug-likeness (QED) is 0.496. The summed E-state index contributed by atoms with van der Waals surface area (Å²) in [5, 5.41) is 11.4. The zero-order valence-corrected chi connectivity index (χ0v) is 18.8. The zero-order chi connectivity index (χ0) is 26.6. The van der Waals surface area contributed by atoms with Crippen LogP contribution in [-0.4, -0.2) is 56.3 Å². The number of carbonyl (C=O) groups excluding carboxylic acids is 2. The van der Waals surface area contributed by atoms with E-state index < -0.39 is 64.5 Å². The van der Waals surface area contributed by atoms with Gasteiger partial charge in [0.05, 0.1) is 30.7 Å². The molecule has 3 aromatic heterocycles. The van der Waals surface area contributed by atoms with Crippen LogP contribution in [0.1, 0.15) is 29.6 Å². The molecule has 0 bridgehead atoms. The van der Waals surface area contributed by atoms with Gasteiger partial charge in [-0.15, -0.1) is 0 Å². The summed E-state index contributed by atoms with van der Waals surface area (Å²) in [6.45, 7) is -0.0920. The molecule has 2 fully saturated rings. The summed E-state index contributed by atoms with van der Waals surface area (Å²) in [5.74, 6) is -5.44. The van der Waals surface area contributed by atoms with Gasteiger partial charge in [-0.25, -0.2) is 18.7 Å². The van der Waals surface area contributed by atoms with E-state index in [0.29, 0.717) is 12.3 Å². The summed E-state index contributed by atoms with van der Waals surface area (Å²) in [5.41, 5.74) is -2.02. The zero-order valence-electron chi connectivity index (χ0n) is 18.8. The minimum atomic E-state index is -4.75. The van der Waals surface area contributed by atoms with E-state index in [1.54, 1.807) is 0 Å². The Balaban J connectivity index is 1.67. The van der Waals surface area contributed by atoms with Gasteiger partial charge in [0.2, 0.25) is 11.3 Å². The second-order valence-electron chi connectivity index (χ2n) is 8.93. The molecule has 1 aliphatic carbocycles. The number of pyridine rings is 3. The number of carbonyl (C=O) groups is 2. The Kier molecular flexibility index (Phi) is 5.93. The van der Waals surface area contributed by atoms with E-state index >= 15 is 0 Å². The Hall–Kier alpha value is -3.94. The van der Waals surface area contributed by atoms with Crippen LogP contribution in [0.25, 0.3) is 16.9 Å². The minimum absolute atomic E-state index is 0.00668. The third-order valence-electron chi connectivity index (χ3n) is 6.21. The number of fused-ring (bicyclic) bond motifs is 1. The number of aliphatic hydroxyl groups excluding tert-OH is 1. The minimum Gasteiger partial charge on any atom is -0.391 e. The van der Waals surface area contributed by atoms with Crippen LogP contribution in [-0.2, 0) is 4.79 Å². The molecule has 2 N–H and O–H groups in total. The molecular weight excluding hydrogens is 505 g/mol. The van der Waals surface area contributed by atoms with Crippen molar-refractivity contribution < 1.29 is 36.6 Å². The fourth-order valence-electron chi connectivity index (χ4n) is 4.28. The molecule has 0 spiro atoms. The number of rotatable bonds is 5. The van der Waals surface area contributed by atoms with Gasteiger partial charge in [0.15, 0.2) is 17.3 Å². The second kappa shape index (κ2) is 8.87. The second-order valence-corrected chi connectivity index (χ2v) is 8.93. The number of nitrogens with zero attached hydrogens (tertiary/aromatic N) is 4. The molecule has 1 unspecified atom stereocenters. The lowest BCUT2D eigenvalue weighted by molar-refractivity contribution is -0.158. The Morgan fingerprint density at radius 3 is 2.51 bits per heavy atom. The SMILES string of the molecule is O=C(NC(C1CC1)C(F)(F)F)c1cn(-c2ncc(F)cc2F)c2nc(N3C[C@@H](O)CC3=O)ccc2c1=O. The molecule has 37 heavy (non-hydrogen) atoms. The largest absolute Gasteiger partial charge is 0.408 e. The van der Waals surface area contributed by atoms with Crippen LogP contribution >= 0.6 is 0 Å². The molecule has 9 nitrogen and oxygen atoms in total. The summed E-state index contributed by atoms with van der Waals surface area (Å²) < 4.78 is 69.5. The Morgan fingerprint density at radius 2 is 1.92 bits per heavy atom. The van der Waals surface area contributed by atoms with Gasteiger partial charge in [-0.1, -0.05) is 0 Å². The standard InChI is InChI=1S/C23H18F5N5O4/c24-11-5-15(25)21(29-7-11)33-9-14(22(37)31-19(10-1-2-10)23(26,27)28)18(36)13-3-4-16(30-20(13)33)32-8-12(34)6-17(32)35/h3-5,7,9-10,12,19,34H,1-2,6,8H2,(H,31,37)/t12-,19?/m0/s1. The molecular formula is C23H18F5N5O4. The van der Waals surface area contributed by atoms with Crippen molar-refractivity contribution in [3.63, 3.8) is 0 Å². The molecule has 0 radical (unpaired) electrons. The lowest BCUT2D eigenvalue weighted by Gasteiger charge is -2.22. The van der Waals surface area contributed by atoms with Gasteiger partial charge in [-0.3, -0.25) is 23.9 Å². The number of hydrogen-bond acceptors (Lipinski definition) is 6. The summed E-state index contributed by atoms with van der Waals surface area (Å²) in [6.07, 6.45) is -3.91. The first-order valence-electron chi connectivity index (χ1n) is 11.2. The van der Waals surface area contributed by atoms with Crippen LogP contribution in [0.4, 0.5) is 27.8 Å². The summed E-state index contributed by atoms with van der Waals surface area (Å²) in [7, 11) is 0. The van der Waals surface area contributed by atoms with Crippen molar-refractivity contribution in [1.82, 2.24) is 19.9 Å². The highest BCUT2D eigenvalue weighted by molar-refractivity contribution is 5.99. The van der Waals surface area contributed by atoms with Crippen molar-refractivity contribution >= 4 is 28.7 Å². The maximum atomic E-state index is 14.7. The highest BCUT2D eigenvalue weighted by Crippen LogP contribution is 2.40. The van der Waals surface area contributed by atoms with Gasteiger partial charge in [0, 0.05) is 12.3 Å². The first-order valence-corrected chi connectivity index (χ1v) is 11.2. The summed E-state index contributed by atoms with van der Waals surface area (Å²) in [6, 6.07) is 0.748. The number of anilines is 1. The Bertz CT molecular complexity index is 1490. The van der Waals surface area contributed by atoms with Crippen LogP contribution in [0.5, 0.6) is 0 Å². The number of aromatic nitrogens is 3. The summed E-state index contributed by atoms with van der Waals surface area (Å²) in [4.78, 5) is 47.3. The van der Waals surface area contributed by atoms with Crippen LogP contribution < -0.4 is 15.6 Å². The van der Waals surface area contributed by atoms with Crippen molar-refractivity contribution in [3.05, 3.63) is 58.0 Å². The number of hydrogen-bond donors (Lipinski definition) is 2. The van der Waals surface area contributed by atoms with Crippen molar-refractivity contribution in [2.45, 2.75) is 37.6 Å². The number of aliphatic hydroxyl groups is 1. The van der Waals surface area contributed by atoms with Crippen molar-refractivity contribution in [2.75, 3.05) is 11.4 Å². The fraction of sp³-hybridized carbons (Fsp3) is 0.348. The normalized spacial score (nSPS) is 18.9. The molecule has 1 aliphatic heterocycles. The predicted octanol–water partition coefficient (Wildman–Crippen LogP) is 2.23. The monoisotopic (exact) mass is 523 g/mol. The highest BCUT2D eigenvalue weighted by Gasteiger charge is 2.50. The first kappa shape index (κ1) is 24.7. The summed E-state index contributed by atoms with van der Waals surface area (Å²) >= 11 is 0. The smallest absolute Gasteiger partial charge is 0.391 e. The molecule has 4 heterocycles. The number of alkyl halides is 3. The van der Waals surface area contributed by atoms with Crippen LogP contribution in [0, 0.1) is 17.6 Å². The van der Waals surface area contributed by atoms with E-state index in [4.69, 9.17) is 0 Å². The topological polar surface area (TPSA) is 117 Å². The van der Waals surface area contributed by atoms with Crippen LogP contribution in [0.2, 0.25) is 0 Å². The molecule has 2 aliphatic rings. The van der Waals surface area contributed by atoms with E-state index in [1.807, 2.05) is 5.32 Å². The molecule has 2 atom stereocenters. The predicted molar refractivity (Wildman–Crippen MR) is 118 cm³/mol. The third-order valence-corrected chi connectivity index (χ3v) is 6.21. The Labute approximate surface area is 204 Å². The maximum Gasteiger partial charge on any atom is 0.408 e. The van der Waals surface area contributed by atoms with Gasteiger partial charge < -0.3 is 10.4 Å². The molecule has 194 valence electrons. The number of nitrogens with one attached hydrogen (secondary N) is 1. The third kappa shape index (κ3) is 4.63. The van der Waals surface area contributed by atoms with Gasteiger partial charge in [-0.05, 0) is 30.9 Å². The van der Waals surface area contributed by atoms with E-state index in [-0.39, 0.29) is 42.7 Å². The molecule has 1 saturated heterocycles. The average Bonchev–Trinajstić information content (AvgIpc) is 3.60. The van der Waals surface area contributed by atoms with Gasteiger partial charge >= 0.3 is 6.18 Å². The van der Waals surface area contributed by atoms with E-state index in [2.05, 4.69) is 9.97 Å². The molecule has 0 aromatic carbocycles. The van der Waals surface area contributed by atoms with Crippen LogP contribution in [0.3, 0.4) is 0 Å². The number of β-amino-alcohol motifs (C(OH)–C–C–N with tert-alkyl or cyclic N) is 1. The lowest BCUT2D eigenvalue weighted by Crippen LogP contribution is -2.48. The highest BCUT2D eigenvalue weighted by atomic mass is 19.4. The molecule has 14 heteroatoms. The first-order chi connectivity index (χ1) is 17.4. The van der Waals surface area contributed by atoms with Crippen molar-refractivity contribution in [2.24, 2.45) is 5.92 Å². The molecule has 1 saturated carbocycles. The number of amides is 2. The average molecular weight is 523 g/mol. The van der Waals surface area contributed by atoms with E-state index in [9.17, 15) is 41.4 Å². The van der Waals surface area contributed by atoms with Gasteiger partial charge in [-0.2, -0.15) is 13.2 Å². The van der Waals surface area contributed by atoms with Gasteiger partial charge in [0.1, 0.15) is 23.2 Å².